The van der Waals surface area contributed by atoms with E-state index in [9.17, 15) is 4.79 Å². The zero-order valence-electron chi connectivity index (χ0n) is 8.14. The number of carboxylic acid groups (broad SMARTS) is 1. The van der Waals surface area contributed by atoms with Crippen LogP contribution in [0.1, 0.15) is 6.92 Å². The summed E-state index contributed by atoms with van der Waals surface area (Å²) in [5.41, 5.74) is 0.523. The first-order valence-electron chi connectivity index (χ1n) is 5.32. The second kappa shape index (κ2) is 1.67. The molecule has 1 N–H and O–H groups in total. The fourth-order valence-electron chi connectivity index (χ4n) is 6.49. The third-order valence-electron chi connectivity index (χ3n) is 6.50. The minimum absolute atomic E-state index is 0.141. The normalized spacial score (nSPS) is 71.0. The molecule has 6 saturated carbocycles. The molecule has 78 valence electrons. The van der Waals surface area contributed by atoms with Gasteiger partial charge in [0.1, 0.15) is 0 Å². The van der Waals surface area contributed by atoms with Crippen molar-refractivity contribution in [1.29, 1.82) is 0 Å². The van der Waals surface area contributed by atoms with Crippen LogP contribution in [0.25, 0.3) is 0 Å². The monoisotopic (exact) mass is 206 g/mol. The van der Waals surface area contributed by atoms with Gasteiger partial charge in [-0.05, 0) is 40.9 Å². The van der Waals surface area contributed by atoms with Gasteiger partial charge in [-0.25, -0.2) is 0 Å². The maximum absolute atomic E-state index is 11.1. The summed E-state index contributed by atoms with van der Waals surface area (Å²) < 4.78 is 0. The number of carbonyl (C=O) groups is 1. The van der Waals surface area contributed by atoms with Gasteiger partial charge >= 0.3 is 12.1 Å². The molecule has 15 heavy (non-hydrogen) atoms. The molecule has 6 rings (SSSR count). The molecule has 0 bridgehead atoms. The maximum Gasteiger partial charge on any atom is 0.373 e. The number of aliphatic carboxylic acids is 1. The van der Waals surface area contributed by atoms with Gasteiger partial charge in [-0.3, -0.25) is 4.79 Å². The van der Waals surface area contributed by atoms with Crippen molar-refractivity contribution in [3.05, 3.63) is 0 Å². The first-order valence-corrected chi connectivity index (χ1v) is 5.32. The fraction of sp³-hybridized carbons (Fsp3) is 0.818. The van der Waals surface area contributed by atoms with Crippen LogP contribution < -0.4 is 0 Å². The molecule has 0 atom stereocenters. The third kappa shape index (κ3) is 0.360. The van der Waals surface area contributed by atoms with Crippen LogP contribution in [0.2, 0.25) is 0 Å². The van der Waals surface area contributed by atoms with E-state index < -0.39 is 5.97 Å². The molecule has 0 spiro atoms. The Morgan fingerprint density at radius 1 is 1.07 bits per heavy atom. The predicted octanol–water partition coefficient (Wildman–Crippen LogP) is 0.245. The van der Waals surface area contributed by atoms with Crippen molar-refractivity contribution >= 4 is 12.1 Å². The van der Waals surface area contributed by atoms with Gasteiger partial charge in [0.25, 0.3) is 0 Å². The van der Waals surface area contributed by atoms with Gasteiger partial charge in [-0.15, -0.1) is 0 Å². The molecule has 0 aromatic rings. The van der Waals surface area contributed by atoms with Crippen LogP contribution in [-0.2, 0) is 14.4 Å². The van der Waals surface area contributed by atoms with Crippen molar-refractivity contribution in [2.24, 2.45) is 46.3 Å². The molecule has 6 fully saturated rings. The van der Waals surface area contributed by atoms with E-state index in [1.54, 1.807) is 0 Å². The van der Waals surface area contributed by atoms with E-state index in [4.69, 9.17) is 14.7 Å². The van der Waals surface area contributed by atoms with E-state index >= 15 is 0 Å². The van der Waals surface area contributed by atoms with Gasteiger partial charge in [-0.1, -0.05) is 6.92 Å². The average Bonchev–Trinajstić information content (AvgIpc) is 2.19. The number of hydrogen-bond donors (Lipinski definition) is 1. The van der Waals surface area contributed by atoms with Crippen LogP contribution in [0.3, 0.4) is 0 Å². The SMILES string of the molecule is CC12C3C4C1C1C2C3C41C(=O)O.O=C=O. The lowest BCUT2D eigenvalue weighted by atomic mass is 8.92. The van der Waals surface area contributed by atoms with E-state index in [2.05, 4.69) is 6.92 Å². The van der Waals surface area contributed by atoms with E-state index in [0.29, 0.717) is 23.2 Å². The summed E-state index contributed by atoms with van der Waals surface area (Å²) in [6.07, 6.45) is 0.250. The molecule has 6 aliphatic carbocycles. The van der Waals surface area contributed by atoms with E-state index in [1.807, 2.05) is 0 Å². The first-order chi connectivity index (χ1) is 7.09. The summed E-state index contributed by atoms with van der Waals surface area (Å²) in [7, 11) is 0. The summed E-state index contributed by atoms with van der Waals surface area (Å²) in [6, 6.07) is 0. The number of carbonyl (C=O) groups excluding carboxylic acids is 2. The third-order valence-corrected chi connectivity index (χ3v) is 6.50. The lowest BCUT2D eigenvalue weighted by molar-refractivity contribution is -0.638. The minimum Gasteiger partial charge on any atom is -0.481 e. The topological polar surface area (TPSA) is 71.4 Å². The van der Waals surface area contributed by atoms with Crippen LogP contribution in [0.4, 0.5) is 0 Å². The molecule has 6 aliphatic rings. The Bertz CT molecular complexity index is 392. The van der Waals surface area contributed by atoms with Crippen LogP contribution in [0.15, 0.2) is 0 Å². The molecular weight excluding hydrogens is 196 g/mol. The summed E-state index contributed by atoms with van der Waals surface area (Å²) in [6.45, 7) is 2.39. The summed E-state index contributed by atoms with van der Waals surface area (Å²) in [5, 5.41) is 9.15. The van der Waals surface area contributed by atoms with Crippen LogP contribution in [-0.4, -0.2) is 17.2 Å². The highest BCUT2D eigenvalue weighted by Crippen LogP contribution is 3.10. The van der Waals surface area contributed by atoms with E-state index in [-0.39, 0.29) is 11.6 Å². The number of rotatable bonds is 1. The Kier molecular flexibility index (Phi) is 0.898. The standard InChI is InChI=1S/C10H10O2.CO2/c1-9-2-5-3(9)7-4(9)6(2)10(5,7)8(11)12;2-1-3/h2-7H,1H3,(H,11,12);. The van der Waals surface area contributed by atoms with Gasteiger partial charge in [0.05, 0.1) is 5.41 Å². The second-order valence-corrected chi connectivity index (χ2v) is 5.84. The summed E-state index contributed by atoms with van der Waals surface area (Å²) in [5.74, 6) is 4.02. The zero-order chi connectivity index (χ0) is 10.7. The largest absolute Gasteiger partial charge is 0.481 e. The molecule has 0 amide bonds. The summed E-state index contributed by atoms with van der Waals surface area (Å²) in [4.78, 5) is 27.3. The lowest BCUT2D eigenvalue weighted by Gasteiger charge is -3.10. The Morgan fingerprint density at radius 3 is 1.67 bits per heavy atom. The Morgan fingerprint density at radius 2 is 1.40 bits per heavy atom. The van der Waals surface area contributed by atoms with E-state index in [1.165, 1.54) is 0 Å². The van der Waals surface area contributed by atoms with Gasteiger partial charge in [0, 0.05) is 0 Å². The van der Waals surface area contributed by atoms with Crippen molar-refractivity contribution in [2.75, 3.05) is 0 Å². The second-order valence-electron chi connectivity index (χ2n) is 5.84. The van der Waals surface area contributed by atoms with Crippen molar-refractivity contribution in [3.63, 3.8) is 0 Å². The van der Waals surface area contributed by atoms with Crippen LogP contribution >= 0.6 is 0 Å². The maximum atomic E-state index is 11.1. The van der Waals surface area contributed by atoms with Gasteiger partial charge in [-0.2, -0.15) is 9.59 Å². The fourth-order valence-corrected chi connectivity index (χ4v) is 6.49. The minimum atomic E-state index is -0.465. The van der Waals surface area contributed by atoms with Gasteiger partial charge < -0.3 is 5.11 Å². The Labute approximate surface area is 85.6 Å². The first kappa shape index (κ1) is 8.05. The molecule has 0 saturated heterocycles. The zero-order valence-corrected chi connectivity index (χ0v) is 8.14. The van der Waals surface area contributed by atoms with Crippen molar-refractivity contribution < 1.29 is 19.5 Å². The highest BCUT2D eigenvalue weighted by Gasteiger charge is 3.10. The molecule has 0 aliphatic heterocycles. The highest BCUT2D eigenvalue weighted by molar-refractivity contribution is 5.86. The van der Waals surface area contributed by atoms with Crippen LogP contribution in [0.5, 0.6) is 0 Å². The van der Waals surface area contributed by atoms with Crippen molar-refractivity contribution in [3.8, 4) is 0 Å². The Hall–Kier alpha value is -1.15. The highest BCUT2D eigenvalue weighted by atomic mass is 16.4. The van der Waals surface area contributed by atoms with Gasteiger partial charge in [0.2, 0.25) is 0 Å². The smallest absolute Gasteiger partial charge is 0.373 e. The molecule has 4 nitrogen and oxygen atoms in total. The molecule has 0 aromatic carbocycles. The predicted molar refractivity (Wildman–Crippen MR) is 44.1 cm³/mol. The molecule has 4 heteroatoms. The Balaban J connectivity index is 0.000000198. The van der Waals surface area contributed by atoms with Crippen LogP contribution in [0, 0.1) is 46.3 Å². The molecule has 0 radical (unpaired) electrons. The lowest BCUT2D eigenvalue weighted by Crippen LogP contribution is -3.10. The number of hydrogen-bond acceptors (Lipinski definition) is 3. The molecular formula is C11H10O4. The molecule has 0 heterocycles. The quantitative estimate of drug-likeness (QED) is 0.667. The molecule has 0 aromatic heterocycles. The average molecular weight is 206 g/mol. The molecule has 0 unspecified atom stereocenters. The van der Waals surface area contributed by atoms with Crippen molar-refractivity contribution in [1.82, 2.24) is 0 Å². The number of carboxylic acids is 1. The van der Waals surface area contributed by atoms with Gasteiger partial charge in [0.15, 0.2) is 0 Å². The summed E-state index contributed by atoms with van der Waals surface area (Å²) >= 11 is 0. The van der Waals surface area contributed by atoms with E-state index in [0.717, 1.165) is 17.8 Å². The van der Waals surface area contributed by atoms with Crippen molar-refractivity contribution in [2.45, 2.75) is 6.92 Å².